The summed E-state index contributed by atoms with van der Waals surface area (Å²) in [7, 11) is 2.28. The lowest BCUT2D eigenvalue weighted by Gasteiger charge is -2.31. The number of nitrogens with zero attached hydrogens (tertiary/aromatic N) is 1. The summed E-state index contributed by atoms with van der Waals surface area (Å²) in [4.78, 5) is 2.49. The van der Waals surface area contributed by atoms with Crippen LogP contribution in [0, 0.1) is 0 Å². The number of hydrogen-bond donors (Lipinski definition) is 0. The number of anilines is 2. The fourth-order valence-electron chi connectivity index (χ4n) is 7.80. The van der Waals surface area contributed by atoms with Crippen LogP contribution in [0.4, 0.5) is 11.4 Å². The van der Waals surface area contributed by atoms with E-state index in [9.17, 15) is 0 Å². The van der Waals surface area contributed by atoms with Crippen LogP contribution >= 0.6 is 0 Å². The monoisotopic (exact) mass is 489 g/mol. The highest BCUT2D eigenvalue weighted by Crippen LogP contribution is 2.61. The standard InChI is InChI=1S/C37H31N/c1-36(2)29-17-11-9-15-27(29)32-30(36)20-21-31-33(32)24-14-7-6-12-22(24)26-19-18-25-23-13-8-10-16-28(23)37(3,4)34(25)35(26)38(31)5/h6-21H,1-5H3. The molecule has 1 heterocycles. The largest absolute Gasteiger partial charge is 0.343 e. The Kier molecular flexibility index (Phi) is 4.07. The van der Waals surface area contributed by atoms with Crippen molar-refractivity contribution in [1.29, 1.82) is 0 Å². The highest BCUT2D eigenvalue weighted by molar-refractivity contribution is 6.09. The highest BCUT2D eigenvalue weighted by atomic mass is 15.1. The van der Waals surface area contributed by atoms with Gasteiger partial charge in [-0.3, -0.25) is 0 Å². The van der Waals surface area contributed by atoms with E-state index in [-0.39, 0.29) is 10.8 Å². The van der Waals surface area contributed by atoms with Crippen LogP contribution in [0.15, 0.2) is 97.1 Å². The second-order valence-electron chi connectivity index (χ2n) is 12.2. The number of rotatable bonds is 0. The Hall–Kier alpha value is -4.10. The molecule has 0 bridgehead atoms. The lowest BCUT2D eigenvalue weighted by atomic mass is 9.80. The van der Waals surface area contributed by atoms with Gasteiger partial charge < -0.3 is 4.90 Å². The molecule has 0 radical (unpaired) electrons. The van der Waals surface area contributed by atoms with Crippen LogP contribution in [0.3, 0.4) is 0 Å². The molecule has 1 heteroatoms. The summed E-state index contributed by atoms with van der Waals surface area (Å²) in [6.07, 6.45) is 0. The van der Waals surface area contributed by atoms with Crippen LogP contribution in [0.5, 0.6) is 0 Å². The van der Waals surface area contributed by atoms with Crippen molar-refractivity contribution in [3.8, 4) is 44.5 Å². The highest BCUT2D eigenvalue weighted by Gasteiger charge is 2.42. The minimum absolute atomic E-state index is 0.0293. The zero-order chi connectivity index (χ0) is 26.0. The van der Waals surface area contributed by atoms with Gasteiger partial charge in [-0.1, -0.05) is 119 Å². The number of hydrogen-bond acceptors (Lipinski definition) is 1. The third-order valence-electron chi connectivity index (χ3n) is 9.60. The van der Waals surface area contributed by atoms with Gasteiger partial charge in [-0.05, 0) is 61.7 Å². The molecule has 0 spiro atoms. The molecule has 38 heavy (non-hydrogen) atoms. The molecule has 5 aromatic carbocycles. The van der Waals surface area contributed by atoms with Gasteiger partial charge in [0.05, 0.1) is 5.69 Å². The summed E-state index contributed by atoms with van der Waals surface area (Å²) in [6.45, 7) is 9.53. The van der Waals surface area contributed by atoms with Crippen LogP contribution in [0.2, 0.25) is 0 Å². The second kappa shape index (κ2) is 7.05. The lowest BCUT2D eigenvalue weighted by molar-refractivity contribution is 0.659. The molecule has 5 aromatic rings. The predicted octanol–water partition coefficient (Wildman–Crippen LogP) is 9.71. The van der Waals surface area contributed by atoms with E-state index < -0.39 is 0 Å². The number of benzene rings is 5. The van der Waals surface area contributed by atoms with Gasteiger partial charge in [-0.15, -0.1) is 0 Å². The molecule has 2 aliphatic carbocycles. The molecule has 0 aromatic heterocycles. The molecule has 0 unspecified atom stereocenters. The zero-order valence-corrected chi connectivity index (χ0v) is 22.7. The van der Waals surface area contributed by atoms with E-state index in [1.165, 1.54) is 78.1 Å². The van der Waals surface area contributed by atoms with Crippen LogP contribution in [-0.2, 0) is 10.8 Å². The van der Waals surface area contributed by atoms with Crippen molar-refractivity contribution < 1.29 is 0 Å². The Morgan fingerprint density at radius 2 is 1.03 bits per heavy atom. The summed E-state index contributed by atoms with van der Waals surface area (Å²) in [5, 5.41) is 0. The van der Waals surface area contributed by atoms with E-state index in [0.717, 1.165) is 0 Å². The van der Waals surface area contributed by atoms with Crippen LogP contribution in [0.1, 0.15) is 49.9 Å². The van der Waals surface area contributed by atoms with Crippen molar-refractivity contribution in [1.82, 2.24) is 0 Å². The molecule has 1 nitrogen and oxygen atoms in total. The molecule has 0 amide bonds. The minimum atomic E-state index is -0.0870. The van der Waals surface area contributed by atoms with Crippen molar-refractivity contribution in [3.63, 3.8) is 0 Å². The van der Waals surface area contributed by atoms with E-state index in [4.69, 9.17) is 0 Å². The van der Waals surface area contributed by atoms with E-state index >= 15 is 0 Å². The molecule has 0 saturated carbocycles. The third kappa shape index (κ3) is 2.48. The first-order valence-corrected chi connectivity index (χ1v) is 13.7. The predicted molar refractivity (Wildman–Crippen MR) is 161 cm³/mol. The van der Waals surface area contributed by atoms with Crippen LogP contribution in [-0.4, -0.2) is 7.05 Å². The quantitative estimate of drug-likeness (QED) is 0.209. The average Bonchev–Trinajstić information content (AvgIpc) is 3.27. The minimum Gasteiger partial charge on any atom is -0.343 e. The first kappa shape index (κ1) is 21.9. The lowest BCUT2D eigenvalue weighted by Crippen LogP contribution is -2.21. The summed E-state index contributed by atoms with van der Waals surface area (Å²) < 4.78 is 0. The topological polar surface area (TPSA) is 3.24 Å². The Bertz CT molecular complexity index is 1830. The summed E-state index contributed by atoms with van der Waals surface area (Å²) in [5.74, 6) is 0. The Morgan fingerprint density at radius 3 is 1.76 bits per heavy atom. The molecular formula is C37H31N. The van der Waals surface area contributed by atoms with E-state index in [1.54, 1.807) is 0 Å². The maximum atomic E-state index is 2.49. The molecule has 0 N–H and O–H groups in total. The Morgan fingerprint density at radius 1 is 0.447 bits per heavy atom. The van der Waals surface area contributed by atoms with Crippen molar-refractivity contribution in [2.24, 2.45) is 0 Å². The smallest absolute Gasteiger partial charge is 0.0535 e. The number of fused-ring (bicyclic) bond motifs is 13. The maximum Gasteiger partial charge on any atom is 0.0535 e. The first-order chi connectivity index (χ1) is 18.3. The normalized spacial score (nSPS) is 16.4. The van der Waals surface area contributed by atoms with E-state index in [2.05, 4.69) is 137 Å². The molecule has 184 valence electrons. The van der Waals surface area contributed by atoms with Gasteiger partial charge in [-0.2, -0.15) is 0 Å². The zero-order valence-electron chi connectivity index (χ0n) is 22.7. The van der Waals surface area contributed by atoms with Gasteiger partial charge in [0.25, 0.3) is 0 Å². The molecule has 0 fully saturated rings. The summed E-state index contributed by atoms with van der Waals surface area (Å²) >= 11 is 0. The van der Waals surface area contributed by atoms with Crippen molar-refractivity contribution in [3.05, 3.63) is 119 Å². The van der Waals surface area contributed by atoms with Gasteiger partial charge in [0, 0.05) is 34.7 Å². The van der Waals surface area contributed by atoms with Crippen LogP contribution < -0.4 is 4.90 Å². The molecule has 3 aliphatic rings. The second-order valence-corrected chi connectivity index (χ2v) is 12.2. The fraction of sp³-hybridized carbons (Fsp3) is 0.189. The van der Waals surface area contributed by atoms with Crippen molar-refractivity contribution >= 4 is 11.4 Å². The Balaban J connectivity index is 1.52. The van der Waals surface area contributed by atoms with Gasteiger partial charge in [0.15, 0.2) is 0 Å². The third-order valence-corrected chi connectivity index (χ3v) is 9.60. The van der Waals surface area contributed by atoms with Gasteiger partial charge in [0.2, 0.25) is 0 Å². The van der Waals surface area contributed by atoms with Gasteiger partial charge in [-0.25, -0.2) is 0 Å². The molecule has 8 rings (SSSR count). The molecule has 0 saturated heterocycles. The van der Waals surface area contributed by atoms with Gasteiger partial charge >= 0.3 is 0 Å². The van der Waals surface area contributed by atoms with Gasteiger partial charge in [0.1, 0.15) is 0 Å². The van der Waals surface area contributed by atoms with Crippen molar-refractivity contribution in [2.75, 3.05) is 11.9 Å². The first-order valence-electron chi connectivity index (χ1n) is 13.7. The molecule has 1 aliphatic heterocycles. The summed E-state index contributed by atoms with van der Waals surface area (Å²) in [6, 6.07) is 36.5. The molecule has 0 atom stereocenters. The Labute approximate surface area is 225 Å². The SMILES string of the molecule is CN1c2ccc3c(c2-c2ccccc2-c2ccc4c(c21)C(C)(C)c1ccccc1-4)-c1ccccc1C3(C)C. The van der Waals surface area contributed by atoms with Crippen molar-refractivity contribution in [2.45, 2.75) is 38.5 Å². The van der Waals surface area contributed by atoms with E-state index in [0.29, 0.717) is 0 Å². The summed E-state index contributed by atoms with van der Waals surface area (Å²) in [5.41, 5.74) is 19.0. The van der Waals surface area contributed by atoms with Crippen LogP contribution in [0.25, 0.3) is 44.5 Å². The average molecular weight is 490 g/mol. The van der Waals surface area contributed by atoms with E-state index in [1.807, 2.05) is 0 Å². The maximum absolute atomic E-state index is 2.49. The fourth-order valence-corrected chi connectivity index (χ4v) is 7.80. The molecular weight excluding hydrogens is 458 g/mol.